The Kier molecular flexibility index (Phi) is 2.52. The van der Waals surface area contributed by atoms with Crippen LogP contribution in [0.4, 0.5) is 10.3 Å². The molecule has 0 amide bonds. The fourth-order valence-corrected chi connectivity index (χ4v) is 2.54. The lowest BCUT2D eigenvalue weighted by Crippen LogP contribution is -2.04. The minimum absolute atomic E-state index is 0.306. The van der Waals surface area contributed by atoms with Gasteiger partial charge in [0, 0.05) is 5.38 Å². The minimum atomic E-state index is -0.354. The average molecular weight is 262 g/mol. The van der Waals surface area contributed by atoms with Gasteiger partial charge in [0.2, 0.25) is 5.95 Å². The number of thiazole rings is 1. The summed E-state index contributed by atoms with van der Waals surface area (Å²) < 4.78 is 15.3. The number of halogens is 1. The Morgan fingerprint density at radius 2 is 2.22 bits per heavy atom. The van der Waals surface area contributed by atoms with Crippen LogP contribution in [0.15, 0.2) is 23.6 Å². The molecule has 0 aliphatic heterocycles. The van der Waals surface area contributed by atoms with E-state index in [1.54, 1.807) is 28.0 Å². The molecular weight excluding hydrogens is 251 g/mol. The molecular formula is C12H11FN4S. The number of aromatic nitrogens is 3. The van der Waals surface area contributed by atoms with Crippen LogP contribution in [0.25, 0.3) is 11.0 Å². The van der Waals surface area contributed by atoms with Crippen molar-refractivity contribution >= 4 is 28.3 Å². The van der Waals surface area contributed by atoms with Crippen LogP contribution in [0.2, 0.25) is 0 Å². The van der Waals surface area contributed by atoms with Crippen molar-refractivity contribution in [1.82, 2.24) is 14.5 Å². The zero-order chi connectivity index (χ0) is 12.7. The first-order valence-electron chi connectivity index (χ1n) is 5.46. The summed E-state index contributed by atoms with van der Waals surface area (Å²) >= 11 is 1.58. The molecule has 1 aromatic carbocycles. The summed E-state index contributed by atoms with van der Waals surface area (Å²) in [7, 11) is 0. The second kappa shape index (κ2) is 4.06. The van der Waals surface area contributed by atoms with E-state index in [-0.39, 0.29) is 5.82 Å². The number of imidazole rings is 1. The van der Waals surface area contributed by atoms with Gasteiger partial charge in [-0.3, -0.25) is 0 Å². The van der Waals surface area contributed by atoms with Crippen molar-refractivity contribution in [3.05, 3.63) is 40.1 Å². The van der Waals surface area contributed by atoms with Crippen LogP contribution in [0.5, 0.6) is 0 Å². The van der Waals surface area contributed by atoms with Gasteiger partial charge in [0.25, 0.3) is 0 Å². The van der Waals surface area contributed by atoms with E-state index in [1.807, 2.05) is 12.3 Å². The first-order valence-corrected chi connectivity index (χ1v) is 6.34. The van der Waals surface area contributed by atoms with E-state index in [9.17, 15) is 4.39 Å². The van der Waals surface area contributed by atoms with Gasteiger partial charge in [0.1, 0.15) is 5.52 Å². The normalized spacial score (nSPS) is 11.2. The van der Waals surface area contributed by atoms with E-state index in [0.29, 0.717) is 23.5 Å². The molecule has 2 aromatic heterocycles. The van der Waals surface area contributed by atoms with Crippen LogP contribution in [-0.4, -0.2) is 14.5 Å². The Hall–Kier alpha value is -1.95. The Bertz CT molecular complexity index is 716. The van der Waals surface area contributed by atoms with Crippen molar-refractivity contribution in [2.45, 2.75) is 13.5 Å². The van der Waals surface area contributed by atoms with Crippen LogP contribution in [-0.2, 0) is 6.54 Å². The number of hydrogen-bond donors (Lipinski definition) is 1. The zero-order valence-corrected chi connectivity index (χ0v) is 10.5. The van der Waals surface area contributed by atoms with Crippen molar-refractivity contribution < 1.29 is 4.39 Å². The number of para-hydroxylation sites is 1. The van der Waals surface area contributed by atoms with E-state index >= 15 is 0 Å². The molecule has 92 valence electrons. The summed E-state index contributed by atoms with van der Waals surface area (Å²) in [5, 5.41) is 2.97. The highest BCUT2D eigenvalue weighted by Crippen LogP contribution is 2.22. The predicted octanol–water partition coefficient (Wildman–Crippen LogP) is 2.57. The van der Waals surface area contributed by atoms with Gasteiger partial charge in [-0.05, 0) is 19.1 Å². The molecule has 0 saturated heterocycles. The Labute approximate surface area is 107 Å². The first-order chi connectivity index (χ1) is 8.65. The smallest absolute Gasteiger partial charge is 0.201 e. The standard InChI is InChI=1S/C12H11FN4S/c1-7-15-8(6-18-7)5-17-10-4-2-3-9(13)11(10)16-12(17)14/h2-4,6H,5H2,1H3,(H2,14,16). The fraction of sp³-hybridized carbons (Fsp3) is 0.167. The van der Waals surface area contributed by atoms with E-state index in [2.05, 4.69) is 9.97 Å². The average Bonchev–Trinajstić information content (AvgIpc) is 2.87. The summed E-state index contributed by atoms with van der Waals surface area (Å²) in [5.74, 6) is -0.0480. The molecule has 0 aliphatic rings. The second-order valence-electron chi connectivity index (χ2n) is 4.02. The topological polar surface area (TPSA) is 56.7 Å². The SMILES string of the molecule is Cc1nc(Cn2c(N)nc3c(F)cccc32)cs1. The monoisotopic (exact) mass is 262 g/mol. The first kappa shape index (κ1) is 11.2. The summed E-state index contributed by atoms with van der Waals surface area (Å²) in [6.45, 7) is 2.46. The number of anilines is 1. The predicted molar refractivity (Wildman–Crippen MR) is 70.1 cm³/mol. The van der Waals surface area contributed by atoms with Crippen molar-refractivity contribution in [3.63, 3.8) is 0 Å². The molecule has 2 N–H and O–H groups in total. The number of rotatable bonds is 2. The minimum Gasteiger partial charge on any atom is -0.369 e. The summed E-state index contributed by atoms with van der Waals surface area (Å²) in [5.41, 5.74) is 7.75. The molecule has 0 saturated carbocycles. The van der Waals surface area contributed by atoms with Gasteiger partial charge < -0.3 is 10.3 Å². The summed E-state index contributed by atoms with van der Waals surface area (Å²) in [4.78, 5) is 8.43. The van der Waals surface area contributed by atoms with Crippen LogP contribution in [0, 0.1) is 12.7 Å². The van der Waals surface area contributed by atoms with Gasteiger partial charge in [-0.25, -0.2) is 14.4 Å². The molecule has 0 aliphatic carbocycles. The number of benzene rings is 1. The third-order valence-corrected chi connectivity index (χ3v) is 3.57. The van der Waals surface area contributed by atoms with Gasteiger partial charge in [-0.15, -0.1) is 11.3 Å². The molecule has 0 spiro atoms. The van der Waals surface area contributed by atoms with Crippen LogP contribution in [0.3, 0.4) is 0 Å². The Balaban J connectivity index is 2.11. The van der Waals surface area contributed by atoms with Gasteiger partial charge in [-0.2, -0.15) is 0 Å². The Morgan fingerprint density at radius 3 is 2.94 bits per heavy atom. The van der Waals surface area contributed by atoms with Crippen molar-refractivity contribution in [2.75, 3.05) is 5.73 Å². The molecule has 0 radical (unpaired) electrons. The van der Waals surface area contributed by atoms with Crippen molar-refractivity contribution in [1.29, 1.82) is 0 Å². The zero-order valence-electron chi connectivity index (χ0n) is 9.72. The number of fused-ring (bicyclic) bond motifs is 1. The lowest BCUT2D eigenvalue weighted by atomic mass is 10.3. The molecule has 0 atom stereocenters. The molecule has 4 nitrogen and oxygen atoms in total. The van der Waals surface area contributed by atoms with Gasteiger partial charge >= 0.3 is 0 Å². The van der Waals surface area contributed by atoms with Crippen LogP contribution < -0.4 is 5.73 Å². The number of aryl methyl sites for hydroxylation is 1. The van der Waals surface area contributed by atoms with Crippen molar-refractivity contribution in [2.24, 2.45) is 0 Å². The highest BCUT2D eigenvalue weighted by Gasteiger charge is 2.12. The van der Waals surface area contributed by atoms with Crippen LogP contribution >= 0.6 is 11.3 Å². The van der Waals surface area contributed by atoms with Crippen molar-refractivity contribution in [3.8, 4) is 0 Å². The largest absolute Gasteiger partial charge is 0.369 e. The fourth-order valence-electron chi connectivity index (χ4n) is 1.94. The third-order valence-electron chi connectivity index (χ3n) is 2.75. The molecule has 2 heterocycles. The summed E-state index contributed by atoms with van der Waals surface area (Å²) in [6, 6.07) is 4.84. The molecule has 18 heavy (non-hydrogen) atoms. The van der Waals surface area contributed by atoms with E-state index < -0.39 is 0 Å². The van der Waals surface area contributed by atoms with Gasteiger partial charge in [0.05, 0.1) is 22.8 Å². The van der Waals surface area contributed by atoms with E-state index in [4.69, 9.17) is 5.73 Å². The van der Waals surface area contributed by atoms with Gasteiger partial charge in [-0.1, -0.05) is 6.07 Å². The molecule has 0 bridgehead atoms. The molecule has 6 heteroatoms. The third kappa shape index (κ3) is 1.74. The molecule has 0 unspecified atom stereocenters. The number of nitrogens with zero attached hydrogens (tertiary/aromatic N) is 3. The maximum absolute atomic E-state index is 13.6. The quantitative estimate of drug-likeness (QED) is 0.772. The maximum atomic E-state index is 13.6. The second-order valence-corrected chi connectivity index (χ2v) is 5.08. The lowest BCUT2D eigenvalue weighted by molar-refractivity contribution is 0.637. The lowest BCUT2D eigenvalue weighted by Gasteiger charge is -2.03. The number of nitrogens with two attached hydrogens (primary N) is 1. The van der Waals surface area contributed by atoms with E-state index in [1.165, 1.54) is 6.07 Å². The number of nitrogen functional groups attached to an aromatic ring is 1. The highest BCUT2D eigenvalue weighted by molar-refractivity contribution is 7.09. The highest BCUT2D eigenvalue weighted by atomic mass is 32.1. The van der Waals surface area contributed by atoms with E-state index in [0.717, 1.165) is 10.7 Å². The van der Waals surface area contributed by atoms with Gasteiger partial charge in [0.15, 0.2) is 5.82 Å². The molecule has 0 fully saturated rings. The van der Waals surface area contributed by atoms with Crippen LogP contribution in [0.1, 0.15) is 10.7 Å². The number of hydrogen-bond acceptors (Lipinski definition) is 4. The maximum Gasteiger partial charge on any atom is 0.201 e. The Morgan fingerprint density at radius 1 is 1.39 bits per heavy atom. The molecule has 3 rings (SSSR count). The summed E-state index contributed by atoms with van der Waals surface area (Å²) in [6.07, 6.45) is 0. The molecule has 3 aromatic rings.